The van der Waals surface area contributed by atoms with Crippen molar-refractivity contribution in [2.24, 2.45) is 0 Å². The van der Waals surface area contributed by atoms with Crippen LogP contribution in [0.2, 0.25) is 0 Å². The molecule has 1 saturated heterocycles. The normalized spacial score (nSPS) is 16.2. The van der Waals surface area contributed by atoms with Gasteiger partial charge >= 0.3 is 0 Å². The molecule has 6 rings (SSSR count). The lowest BCUT2D eigenvalue weighted by molar-refractivity contribution is 0.122. The maximum atomic E-state index is 14.3. The van der Waals surface area contributed by atoms with E-state index in [9.17, 15) is 4.39 Å². The topological polar surface area (TPSA) is 80.1 Å². The molecule has 9 heteroatoms. The van der Waals surface area contributed by atoms with Gasteiger partial charge in [-0.05, 0) is 49.2 Å². The Hall–Kier alpha value is -3.72. The minimum absolute atomic E-state index is 0. The van der Waals surface area contributed by atoms with Crippen LogP contribution in [0, 0.1) is 5.82 Å². The Bertz CT molecular complexity index is 1310. The molecule has 0 amide bonds. The van der Waals surface area contributed by atoms with Gasteiger partial charge in [0.2, 0.25) is 11.9 Å². The lowest BCUT2D eigenvalue weighted by atomic mass is 10.2. The number of morpholine rings is 1. The summed E-state index contributed by atoms with van der Waals surface area (Å²) in [5.41, 5.74) is 3.92. The van der Waals surface area contributed by atoms with Crippen molar-refractivity contribution in [3.8, 4) is 0 Å². The third-order valence-corrected chi connectivity index (χ3v) is 6.74. The molecule has 1 saturated carbocycles. The molecule has 4 aromatic rings. The number of nitrogens with zero attached hydrogens (tertiary/aromatic N) is 5. The number of ether oxygens (including phenoxy) is 1. The first kappa shape index (κ1) is 24.0. The highest BCUT2D eigenvalue weighted by Gasteiger charge is 2.24. The van der Waals surface area contributed by atoms with Crippen LogP contribution < -0.4 is 15.5 Å². The van der Waals surface area contributed by atoms with Crippen molar-refractivity contribution in [2.45, 2.75) is 39.2 Å². The molecule has 0 atom stereocenters. The molecule has 3 heterocycles. The molecule has 188 valence electrons. The first-order valence-corrected chi connectivity index (χ1v) is 12.2. The van der Waals surface area contributed by atoms with E-state index in [2.05, 4.69) is 37.2 Å². The smallest absolute Gasteiger partial charge is 0.229 e. The quantitative estimate of drug-likeness (QED) is 0.342. The van der Waals surface area contributed by atoms with E-state index >= 15 is 0 Å². The summed E-state index contributed by atoms with van der Waals surface area (Å²) in [5.74, 6) is 0.790. The molecule has 36 heavy (non-hydrogen) atoms. The standard InChI is InChI=1S/C26H28FN7O.CH4/c27-21-7-3-4-8-22(21)30-26-31-23-17-28-25(32-24(23)34(26)20-5-1-2-6-20)29-18-9-11-19(12-10-18)33-13-15-35-16-14-33;/h3-4,7-12,17,20H,1-2,5-6,13-16H2,(H,30,31)(H,28,29,32);1H4. The summed E-state index contributed by atoms with van der Waals surface area (Å²) < 4.78 is 21.9. The van der Waals surface area contributed by atoms with E-state index in [0.29, 0.717) is 23.1 Å². The molecule has 2 aliphatic rings. The SMILES string of the molecule is C.Fc1ccccc1Nc1nc2cnc(Nc3ccc(N4CCOCC4)cc3)nc2n1C1CCCC1. The van der Waals surface area contributed by atoms with Crippen LogP contribution in [-0.4, -0.2) is 45.8 Å². The van der Waals surface area contributed by atoms with E-state index in [1.165, 1.54) is 11.8 Å². The van der Waals surface area contributed by atoms with E-state index in [0.717, 1.165) is 63.3 Å². The van der Waals surface area contributed by atoms with Crippen LogP contribution in [0.1, 0.15) is 39.2 Å². The molecular weight excluding hydrogens is 457 g/mol. The molecule has 2 aromatic carbocycles. The zero-order valence-electron chi connectivity index (χ0n) is 19.5. The van der Waals surface area contributed by atoms with Gasteiger partial charge in [-0.3, -0.25) is 4.57 Å². The molecule has 0 bridgehead atoms. The Balaban J connectivity index is 0.00000267. The second-order valence-corrected chi connectivity index (χ2v) is 9.02. The van der Waals surface area contributed by atoms with Gasteiger partial charge in [0.25, 0.3) is 0 Å². The maximum Gasteiger partial charge on any atom is 0.229 e. The van der Waals surface area contributed by atoms with E-state index in [1.54, 1.807) is 24.4 Å². The average Bonchev–Trinajstić information content (AvgIpc) is 3.54. The Morgan fingerprint density at radius 1 is 0.917 bits per heavy atom. The van der Waals surface area contributed by atoms with Crippen molar-refractivity contribution in [3.05, 3.63) is 60.5 Å². The molecule has 0 spiro atoms. The molecule has 2 aromatic heterocycles. The fourth-order valence-electron chi connectivity index (χ4n) is 4.94. The van der Waals surface area contributed by atoms with Crippen LogP contribution in [0.4, 0.5) is 33.3 Å². The van der Waals surface area contributed by atoms with Gasteiger partial charge in [-0.25, -0.2) is 14.4 Å². The van der Waals surface area contributed by atoms with Gasteiger partial charge in [0.1, 0.15) is 11.3 Å². The van der Waals surface area contributed by atoms with Crippen LogP contribution in [0.15, 0.2) is 54.7 Å². The summed E-state index contributed by atoms with van der Waals surface area (Å²) in [6.07, 6.45) is 6.15. The fourth-order valence-corrected chi connectivity index (χ4v) is 4.94. The van der Waals surface area contributed by atoms with Crippen LogP contribution in [0.25, 0.3) is 11.2 Å². The highest BCUT2D eigenvalue weighted by Crippen LogP contribution is 2.36. The fraction of sp³-hybridized carbons (Fsp3) is 0.370. The monoisotopic (exact) mass is 489 g/mol. The lowest BCUT2D eigenvalue weighted by Gasteiger charge is -2.28. The van der Waals surface area contributed by atoms with E-state index in [1.807, 2.05) is 12.1 Å². The Labute approximate surface area is 210 Å². The summed E-state index contributed by atoms with van der Waals surface area (Å²) in [4.78, 5) is 16.4. The van der Waals surface area contributed by atoms with E-state index < -0.39 is 0 Å². The number of rotatable bonds is 6. The second kappa shape index (κ2) is 10.5. The Kier molecular flexibility index (Phi) is 6.99. The Morgan fingerprint density at radius 2 is 1.67 bits per heavy atom. The van der Waals surface area contributed by atoms with Gasteiger partial charge in [-0.15, -0.1) is 0 Å². The molecule has 2 fully saturated rings. The summed E-state index contributed by atoms with van der Waals surface area (Å²) in [5, 5.41) is 6.51. The van der Waals surface area contributed by atoms with Gasteiger partial charge in [-0.2, -0.15) is 4.98 Å². The van der Waals surface area contributed by atoms with Crippen LogP contribution in [-0.2, 0) is 4.74 Å². The predicted octanol–water partition coefficient (Wildman–Crippen LogP) is 6.04. The third kappa shape index (κ3) is 4.83. The molecule has 1 aliphatic carbocycles. The first-order valence-electron chi connectivity index (χ1n) is 12.2. The summed E-state index contributed by atoms with van der Waals surface area (Å²) in [6, 6.07) is 15.2. The minimum Gasteiger partial charge on any atom is -0.378 e. The summed E-state index contributed by atoms with van der Waals surface area (Å²) in [7, 11) is 0. The highest BCUT2D eigenvalue weighted by molar-refractivity contribution is 5.77. The molecule has 0 radical (unpaired) electrons. The van der Waals surface area contributed by atoms with Crippen molar-refractivity contribution in [1.29, 1.82) is 0 Å². The zero-order chi connectivity index (χ0) is 23.6. The number of aromatic nitrogens is 4. The van der Waals surface area contributed by atoms with Gasteiger partial charge in [0, 0.05) is 30.5 Å². The number of anilines is 5. The van der Waals surface area contributed by atoms with Crippen molar-refractivity contribution in [3.63, 3.8) is 0 Å². The molecule has 1 aliphatic heterocycles. The highest BCUT2D eigenvalue weighted by atomic mass is 19.1. The zero-order valence-corrected chi connectivity index (χ0v) is 19.5. The van der Waals surface area contributed by atoms with Crippen LogP contribution >= 0.6 is 0 Å². The number of nitrogens with one attached hydrogen (secondary N) is 2. The van der Waals surface area contributed by atoms with Crippen LogP contribution in [0.3, 0.4) is 0 Å². The second-order valence-electron chi connectivity index (χ2n) is 9.02. The van der Waals surface area contributed by atoms with Crippen molar-refractivity contribution < 1.29 is 9.13 Å². The number of para-hydroxylation sites is 1. The first-order chi connectivity index (χ1) is 17.2. The number of fused-ring (bicyclic) bond motifs is 1. The Morgan fingerprint density at radius 3 is 2.42 bits per heavy atom. The van der Waals surface area contributed by atoms with Gasteiger partial charge in [0.05, 0.1) is 25.1 Å². The number of hydrogen-bond acceptors (Lipinski definition) is 7. The van der Waals surface area contributed by atoms with Gasteiger partial charge in [0.15, 0.2) is 5.65 Å². The lowest BCUT2D eigenvalue weighted by Crippen LogP contribution is -2.36. The number of imidazole rings is 1. The number of benzene rings is 2. The molecular formula is C27H32FN7O. The average molecular weight is 490 g/mol. The molecule has 8 nitrogen and oxygen atoms in total. The summed E-state index contributed by atoms with van der Waals surface area (Å²) >= 11 is 0. The van der Waals surface area contributed by atoms with Gasteiger partial charge < -0.3 is 20.3 Å². The van der Waals surface area contributed by atoms with E-state index in [-0.39, 0.29) is 19.3 Å². The third-order valence-electron chi connectivity index (χ3n) is 6.74. The molecule has 2 N–H and O–H groups in total. The predicted molar refractivity (Wildman–Crippen MR) is 142 cm³/mol. The minimum atomic E-state index is -0.313. The van der Waals surface area contributed by atoms with E-state index in [4.69, 9.17) is 14.7 Å². The van der Waals surface area contributed by atoms with Crippen molar-refractivity contribution in [1.82, 2.24) is 19.5 Å². The number of hydrogen-bond donors (Lipinski definition) is 2. The van der Waals surface area contributed by atoms with Crippen molar-refractivity contribution >= 4 is 40.1 Å². The van der Waals surface area contributed by atoms with Crippen molar-refractivity contribution in [2.75, 3.05) is 41.8 Å². The largest absolute Gasteiger partial charge is 0.378 e. The van der Waals surface area contributed by atoms with Crippen LogP contribution in [0.5, 0.6) is 0 Å². The van der Waals surface area contributed by atoms with Gasteiger partial charge in [-0.1, -0.05) is 32.4 Å². The maximum absolute atomic E-state index is 14.3. The summed E-state index contributed by atoms with van der Waals surface area (Å²) in [6.45, 7) is 3.33. The number of halogens is 1. The molecule has 0 unspecified atom stereocenters.